The summed E-state index contributed by atoms with van der Waals surface area (Å²) in [5.74, 6) is -1.48. The Balaban J connectivity index is 1.67. The molecular weight excluding hydrogens is 404 g/mol. The fourth-order valence-corrected chi connectivity index (χ4v) is 4.10. The minimum atomic E-state index is -1.07. The third-order valence-corrected chi connectivity index (χ3v) is 5.74. The van der Waals surface area contributed by atoms with E-state index in [4.69, 9.17) is 0 Å². The van der Waals surface area contributed by atoms with E-state index in [9.17, 15) is 19.6 Å². The zero-order chi connectivity index (χ0) is 21.4. The zero-order valence-corrected chi connectivity index (χ0v) is 17.0. The molecule has 0 spiro atoms. The Bertz CT molecular complexity index is 1420. The predicted octanol–water partition coefficient (Wildman–Crippen LogP) is 1.43. The summed E-state index contributed by atoms with van der Waals surface area (Å²) in [6, 6.07) is 11.5. The standard InChI is InChI=1S/C20H16N6O3S/c1-24-17-16(19(28)25(2)20(24)29)26(11-22-17)9-15(27)13(8-21)18-23-14(10-30-18)12-6-4-3-5-7-12/h3-7,10-11,13H,9H2,1-2H3. The molecule has 150 valence electrons. The number of aryl methyl sites for hydroxylation is 1. The molecule has 0 aliphatic heterocycles. The molecule has 0 aliphatic carbocycles. The molecule has 0 saturated heterocycles. The third kappa shape index (κ3) is 3.15. The summed E-state index contributed by atoms with van der Waals surface area (Å²) in [5, 5.41) is 11.8. The van der Waals surface area contributed by atoms with Crippen LogP contribution in [0.25, 0.3) is 22.4 Å². The number of carbonyl (C=O) groups excluding carboxylic acids is 1. The quantitative estimate of drug-likeness (QED) is 0.482. The SMILES string of the molecule is Cn1c(=O)c2c(ncn2CC(=O)C(C#N)c2nc(-c3ccccc3)cs2)n(C)c1=O. The van der Waals surface area contributed by atoms with Gasteiger partial charge < -0.3 is 4.57 Å². The monoisotopic (exact) mass is 420 g/mol. The number of rotatable bonds is 5. The Morgan fingerprint density at radius 1 is 1.20 bits per heavy atom. The fourth-order valence-electron chi connectivity index (χ4n) is 3.20. The highest BCUT2D eigenvalue weighted by molar-refractivity contribution is 7.10. The van der Waals surface area contributed by atoms with E-state index in [1.165, 1.54) is 40.9 Å². The van der Waals surface area contributed by atoms with E-state index < -0.39 is 23.0 Å². The summed E-state index contributed by atoms with van der Waals surface area (Å²) in [7, 11) is 2.87. The highest BCUT2D eigenvalue weighted by atomic mass is 32.1. The number of fused-ring (bicyclic) bond motifs is 1. The lowest BCUT2D eigenvalue weighted by Crippen LogP contribution is -2.37. The maximum Gasteiger partial charge on any atom is 0.332 e. The zero-order valence-electron chi connectivity index (χ0n) is 16.1. The van der Waals surface area contributed by atoms with Gasteiger partial charge in [0.1, 0.15) is 5.01 Å². The van der Waals surface area contributed by atoms with E-state index in [0.29, 0.717) is 10.7 Å². The number of carbonyl (C=O) groups is 1. The van der Waals surface area contributed by atoms with Crippen molar-refractivity contribution in [2.75, 3.05) is 0 Å². The van der Waals surface area contributed by atoms with Crippen LogP contribution < -0.4 is 11.2 Å². The summed E-state index contributed by atoms with van der Waals surface area (Å²) >= 11 is 1.24. The topological polar surface area (TPSA) is 116 Å². The molecule has 10 heteroatoms. The number of thiazole rings is 1. The Morgan fingerprint density at radius 2 is 1.93 bits per heavy atom. The molecule has 1 atom stereocenters. The fraction of sp³-hybridized carbons (Fsp3) is 0.200. The maximum atomic E-state index is 12.9. The number of hydrogen-bond donors (Lipinski definition) is 0. The van der Waals surface area contributed by atoms with Gasteiger partial charge in [0, 0.05) is 25.0 Å². The maximum absolute atomic E-state index is 12.9. The van der Waals surface area contributed by atoms with E-state index in [-0.39, 0.29) is 17.7 Å². The second-order valence-corrected chi connectivity index (χ2v) is 7.61. The van der Waals surface area contributed by atoms with Gasteiger partial charge in [-0.2, -0.15) is 5.26 Å². The van der Waals surface area contributed by atoms with Crippen molar-refractivity contribution in [3.63, 3.8) is 0 Å². The second-order valence-electron chi connectivity index (χ2n) is 6.72. The van der Waals surface area contributed by atoms with Crippen LogP contribution in [-0.4, -0.2) is 29.5 Å². The Morgan fingerprint density at radius 3 is 2.63 bits per heavy atom. The summed E-state index contributed by atoms with van der Waals surface area (Å²) in [6.07, 6.45) is 1.33. The number of ketones is 1. The minimum Gasteiger partial charge on any atom is -0.317 e. The number of aromatic nitrogens is 5. The van der Waals surface area contributed by atoms with E-state index in [1.807, 2.05) is 36.4 Å². The molecule has 0 amide bonds. The number of hydrogen-bond acceptors (Lipinski definition) is 7. The van der Waals surface area contributed by atoms with Crippen LogP contribution in [0.4, 0.5) is 0 Å². The summed E-state index contributed by atoms with van der Waals surface area (Å²) in [6.45, 7) is -0.234. The molecule has 0 aliphatic rings. The van der Waals surface area contributed by atoms with E-state index in [2.05, 4.69) is 9.97 Å². The van der Waals surface area contributed by atoms with Gasteiger partial charge in [0.25, 0.3) is 5.56 Å². The average molecular weight is 420 g/mol. The minimum absolute atomic E-state index is 0.133. The van der Waals surface area contributed by atoms with Gasteiger partial charge in [0.2, 0.25) is 0 Å². The number of nitrogens with zero attached hydrogens (tertiary/aromatic N) is 6. The molecule has 0 N–H and O–H groups in total. The van der Waals surface area contributed by atoms with Crippen LogP contribution in [-0.2, 0) is 25.4 Å². The Labute approximate surface area is 174 Å². The van der Waals surface area contributed by atoms with Gasteiger partial charge in [-0.1, -0.05) is 30.3 Å². The Hall–Kier alpha value is -3.84. The van der Waals surface area contributed by atoms with Crippen LogP contribution in [0.15, 0.2) is 51.6 Å². The summed E-state index contributed by atoms with van der Waals surface area (Å²) in [5.41, 5.74) is 0.858. The molecular formula is C20H16N6O3S. The first-order chi connectivity index (χ1) is 14.4. The highest BCUT2D eigenvalue weighted by Crippen LogP contribution is 2.27. The third-order valence-electron chi connectivity index (χ3n) is 4.83. The number of imidazole rings is 1. The van der Waals surface area contributed by atoms with Crippen molar-refractivity contribution in [3.8, 4) is 17.3 Å². The molecule has 9 nitrogen and oxygen atoms in total. The van der Waals surface area contributed by atoms with E-state index in [0.717, 1.165) is 10.1 Å². The molecule has 0 saturated carbocycles. The molecule has 0 fully saturated rings. The van der Waals surface area contributed by atoms with Crippen LogP contribution in [0.5, 0.6) is 0 Å². The molecule has 0 radical (unpaired) electrons. The van der Waals surface area contributed by atoms with E-state index >= 15 is 0 Å². The Kier molecular flexibility index (Phi) is 4.89. The van der Waals surface area contributed by atoms with Gasteiger partial charge in [-0.3, -0.25) is 18.7 Å². The normalized spacial score (nSPS) is 12.0. The molecule has 4 rings (SSSR count). The van der Waals surface area contributed by atoms with Crippen LogP contribution >= 0.6 is 11.3 Å². The summed E-state index contributed by atoms with van der Waals surface area (Å²) < 4.78 is 3.57. The van der Waals surface area contributed by atoms with Crippen molar-refractivity contribution in [2.45, 2.75) is 12.5 Å². The second kappa shape index (κ2) is 7.53. The van der Waals surface area contributed by atoms with Crippen LogP contribution in [0.1, 0.15) is 10.9 Å². The first kappa shape index (κ1) is 19.5. The van der Waals surface area contributed by atoms with Gasteiger partial charge >= 0.3 is 5.69 Å². The average Bonchev–Trinajstić information content (AvgIpc) is 3.40. The molecule has 1 aromatic carbocycles. The van der Waals surface area contributed by atoms with Gasteiger partial charge in [0.05, 0.1) is 24.6 Å². The van der Waals surface area contributed by atoms with Crippen molar-refractivity contribution < 1.29 is 4.79 Å². The van der Waals surface area contributed by atoms with Crippen LogP contribution in [0.2, 0.25) is 0 Å². The molecule has 0 bridgehead atoms. The predicted molar refractivity (Wildman–Crippen MR) is 111 cm³/mol. The van der Waals surface area contributed by atoms with Crippen molar-refractivity contribution in [2.24, 2.45) is 14.1 Å². The highest BCUT2D eigenvalue weighted by Gasteiger charge is 2.25. The molecule has 1 unspecified atom stereocenters. The van der Waals surface area contributed by atoms with Gasteiger partial charge in [-0.15, -0.1) is 11.3 Å². The number of nitriles is 1. The van der Waals surface area contributed by atoms with Crippen LogP contribution in [0, 0.1) is 11.3 Å². The van der Waals surface area contributed by atoms with Crippen molar-refractivity contribution in [1.29, 1.82) is 5.26 Å². The van der Waals surface area contributed by atoms with Gasteiger partial charge in [-0.05, 0) is 0 Å². The smallest absolute Gasteiger partial charge is 0.317 e. The van der Waals surface area contributed by atoms with Crippen molar-refractivity contribution in [1.82, 2.24) is 23.7 Å². The van der Waals surface area contributed by atoms with Crippen molar-refractivity contribution in [3.05, 3.63) is 67.9 Å². The number of benzene rings is 1. The van der Waals surface area contributed by atoms with Crippen LogP contribution in [0.3, 0.4) is 0 Å². The first-order valence-corrected chi connectivity index (χ1v) is 9.84. The molecule has 30 heavy (non-hydrogen) atoms. The lowest BCUT2D eigenvalue weighted by atomic mass is 10.1. The van der Waals surface area contributed by atoms with Gasteiger partial charge in [-0.25, -0.2) is 14.8 Å². The van der Waals surface area contributed by atoms with Crippen molar-refractivity contribution >= 4 is 28.3 Å². The largest absolute Gasteiger partial charge is 0.332 e. The number of Topliss-reactive ketones (excluding diaryl/α,β-unsaturated/α-hetero) is 1. The van der Waals surface area contributed by atoms with E-state index in [1.54, 1.807) is 5.38 Å². The molecule has 3 aromatic heterocycles. The lowest BCUT2D eigenvalue weighted by Gasteiger charge is -2.08. The van der Waals surface area contributed by atoms with Gasteiger partial charge in [0.15, 0.2) is 22.9 Å². The first-order valence-electron chi connectivity index (χ1n) is 8.96. The summed E-state index contributed by atoms with van der Waals surface area (Å²) in [4.78, 5) is 46.0. The lowest BCUT2D eigenvalue weighted by molar-refractivity contribution is -0.119. The molecule has 3 heterocycles. The molecule has 4 aromatic rings.